The summed E-state index contributed by atoms with van der Waals surface area (Å²) in [5.41, 5.74) is 4.16. The summed E-state index contributed by atoms with van der Waals surface area (Å²) in [7, 11) is 0. The molecular formula is C11H10ClF3N2O3. The number of benzene rings is 1. The van der Waals surface area contributed by atoms with Gasteiger partial charge in [0, 0.05) is 5.56 Å². The largest absolute Gasteiger partial charge is 0.573 e. The van der Waals surface area contributed by atoms with Gasteiger partial charge in [0.25, 0.3) is 11.8 Å². The highest BCUT2D eigenvalue weighted by Crippen LogP contribution is 2.22. The van der Waals surface area contributed by atoms with Crippen LogP contribution in [0.2, 0.25) is 0 Å². The van der Waals surface area contributed by atoms with Crippen molar-refractivity contribution in [1.82, 2.24) is 10.9 Å². The quantitative estimate of drug-likeness (QED) is 0.662. The zero-order chi connectivity index (χ0) is 15.3. The summed E-state index contributed by atoms with van der Waals surface area (Å²) in [4.78, 5) is 22.6. The molecule has 1 atom stereocenters. The lowest BCUT2D eigenvalue weighted by Gasteiger charge is -2.10. The van der Waals surface area contributed by atoms with Crippen LogP contribution >= 0.6 is 11.6 Å². The van der Waals surface area contributed by atoms with Crippen LogP contribution in [0.15, 0.2) is 24.3 Å². The highest BCUT2D eigenvalue weighted by molar-refractivity contribution is 6.30. The van der Waals surface area contributed by atoms with Crippen LogP contribution < -0.4 is 15.6 Å². The minimum Gasteiger partial charge on any atom is -0.406 e. The standard InChI is InChI=1S/C11H10ClF3N2O3/c1-6(12)9(18)16-17-10(19)7-2-4-8(5-3-7)20-11(13,14)15/h2-6H,1H3,(H,16,18)(H,17,19). The molecule has 0 aliphatic rings. The number of halogens is 4. The smallest absolute Gasteiger partial charge is 0.406 e. The lowest BCUT2D eigenvalue weighted by molar-refractivity contribution is -0.274. The molecule has 0 saturated heterocycles. The zero-order valence-electron chi connectivity index (χ0n) is 10.1. The van der Waals surface area contributed by atoms with E-state index in [2.05, 4.69) is 15.6 Å². The highest BCUT2D eigenvalue weighted by Gasteiger charge is 2.31. The Kier molecular flexibility index (Phi) is 5.20. The first-order valence-corrected chi connectivity index (χ1v) is 5.73. The molecule has 0 aliphatic heterocycles. The molecule has 20 heavy (non-hydrogen) atoms. The summed E-state index contributed by atoms with van der Waals surface area (Å²) in [6.07, 6.45) is -4.80. The fraction of sp³-hybridized carbons (Fsp3) is 0.273. The predicted molar refractivity (Wildman–Crippen MR) is 64.0 cm³/mol. The third kappa shape index (κ3) is 5.35. The van der Waals surface area contributed by atoms with E-state index >= 15 is 0 Å². The molecule has 0 aliphatic carbocycles. The number of ether oxygens (including phenoxy) is 1. The van der Waals surface area contributed by atoms with Crippen LogP contribution in [-0.2, 0) is 4.79 Å². The molecule has 1 rings (SSSR count). The van der Waals surface area contributed by atoms with Gasteiger partial charge in [-0.05, 0) is 31.2 Å². The number of amides is 2. The van der Waals surface area contributed by atoms with Crippen molar-refractivity contribution in [3.63, 3.8) is 0 Å². The van der Waals surface area contributed by atoms with E-state index in [0.717, 1.165) is 24.3 Å². The lowest BCUT2D eigenvalue weighted by Crippen LogP contribution is -2.44. The Morgan fingerprint density at radius 3 is 2.20 bits per heavy atom. The topological polar surface area (TPSA) is 67.4 Å². The second-order valence-corrected chi connectivity index (χ2v) is 4.29. The van der Waals surface area contributed by atoms with E-state index in [1.807, 2.05) is 0 Å². The maximum absolute atomic E-state index is 11.9. The fourth-order valence-electron chi connectivity index (χ4n) is 1.10. The summed E-state index contributed by atoms with van der Waals surface area (Å²) in [5, 5.41) is -0.835. The molecule has 2 amide bonds. The van der Waals surface area contributed by atoms with Gasteiger partial charge in [0.2, 0.25) is 0 Å². The first-order chi connectivity index (χ1) is 9.19. The Balaban J connectivity index is 2.60. The first-order valence-electron chi connectivity index (χ1n) is 5.29. The second kappa shape index (κ2) is 6.47. The molecule has 1 aromatic carbocycles. The number of carbonyl (C=O) groups excluding carboxylic acids is 2. The Hall–Kier alpha value is -1.96. The van der Waals surface area contributed by atoms with Gasteiger partial charge in [-0.15, -0.1) is 24.8 Å². The third-order valence-electron chi connectivity index (χ3n) is 2.01. The molecule has 0 spiro atoms. The van der Waals surface area contributed by atoms with E-state index < -0.39 is 29.3 Å². The van der Waals surface area contributed by atoms with Crippen LogP contribution in [0.1, 0.15) is 17.3 Å². The van der Waals surface area contributed by atoms with Crippen LogP contribution in [0.4, 0.5) is 13.2 Å². The summed E-state index contributed by atoms with van der Waals surface area (Å²) in [6.45, 7) is 1.41. The van der Waals surface area contributed by atoms with Gasteiger partial charge in [-0.3, -0.25) is 20.4 Å². The average Bonchev–Trinajstić information content (AvgIpc) is 2.34. The molecule has 0 saturated carbocycles. The molecule has 1 aromatic rings. The number of nitrogens with one attached hydrogen (secondary N) is 2. The molecule has 0 radical (unpaired) electrons. The number of hydrogen-bond acceptors (Lipinski definition) is 3. The molecule has 0 heterocycles. The Bertz CT molecular complexity index is 489. The van der Waals surface area contributed by atoms with Gasteiger partial charge >= 0.3 is 6.36 Å². The second-order valence-electron chi connectivity index (χ2n) is 3.63. The van der Waals surface area contributed by atoms with Crippen molar-refractivity contribution in [2.24, 2.45) is 0 Å². The zero-order valence-corrected chi connectivity index (χ0v) is 10.9. The van der Waals surface area contributed by atoms with Crippen LogP contribution in [0.25, 0.3) is 0 Å². The minimum atomic E-state index is -4.80. The summed E-state index contributed by atoms with van der Waals surface area (Å²) < 4.78 is 39.4. The summed E-state index contributed by atoms with van der Waals surface area (Å²) in [5.74, 6) is -1.77. The van der Waals surface area contributed by atoms with Gasteiger partial charge in [0.05, 0.1) is 0 Å². The fourth-order valence-corrected chi connectivity index (χ4v) is 1.15. The number of alkyl halides is 4. The summed E-state index contributed by atoms with van der Waals surface area (Å²) in [6, 6.07) is 4.20. The number of carbonyl (C=O) groups is 2. The van der Waals surface area contributed by atoms with Gasteiger partial charge < -0.3 is 4.74 Å². The maximum Gasteiger partial charge on any atom is 0.573 e. The molecule has 110 valence electrons. The maximum atomic E-state index is 11.9. The van der Waals surface area contributed by atoms with Gasteiger partial charge in [0.15, 0.2) is 0 Å². The number of hydrogen-bond donors (Lipinski definition) is 2. The van der Waals surface area contributed by atoms with Crippen molar-refractivity contribution in [1.29, 1.82) is 0 Å². The van der Waals surface area contributed by atoms with E-state index in [4.69, 9.17) is 11.6 Å². The van der Waals surface area contributed by atoms with E-state index in [9.17, 15) is 22.8 Å². The Morgan fingerprint density at radius 1 is 1.20 bits per heavy atom. The molecule has 2 N–H and O–H groups in total. The molecule has 5 nitrogen and oxygen atoms in total. The molecule has 9 heteroatoms. The average molecular weight is 311 g/mol. The molecule has 0 bridgehead atoms. The molecule has 0 fully saturated rings. The van der Waals surface area contributed by atoms with Gasteiger partial charge in [-0.1, -0.05) is 0 Å². The van der Waals surface area contributed by atoms with Gasteiger partial charge in [0.1, 0.15) is 11.1 Å². The van der Waals surface area contributed by atoms with Gasteiger partial charge in [-0.25, -0.2) is 0 Å². The van der Waals surface area contributed by atoms with Crippen molar-refractivity contribution in [3.05, 3.63) is 29.8 Å². The normalized spacial score (nSPS) is 12.4. The van der Waals surface area contributed by atoms with Crippen LogP contribution in [-0.4, -0.2) is 23.6 Å². The first kappa shape index (κ1) is 16.1. The van der Waals surface area contributed by atoms with Crippen LogP contribution in [0.5, 0.6) is 5.75 Å². The van der Waals surface area contributed by atoms with E-state index in [1.54, 1.807) is 0 Å². The predicted octanol–water partition coefficient (Wildman–Crippen LogP) is 1.97. The molecular weight excluding hydrogens is 301 g/mol. The van der Waals surface area contributed by atoms with Crippen molar-refractivity contribution < 1.29 is 27.5 Å². The third-order valence-corrected chi connectivity index (χ3v) is 2.21. The van der Waals surface area contributed by atoms with Crippen molar-refractivity contribution in [2.45, 2.75) is 18.7 Å². The van der Waals surface area contributed by atoms with Crippen LogP contribution in [0.3, 0.4) is 0 Å². The molecule has 1 unspecified atom stereocenters. The number of hydrazine groups is 1. The van der Waals surface area contributed by atoms with E-state index in [1.165, 1.54) is 6.92 Å². The Labute approximate surface area is 117 Å². The highest BCUT2D eigenvalue weighted by atomic mass is 35.5. The van der Waals surface area contributed by atoms with E-state index in [0.29, 0.717) is 0 Å². The van der Waals surface area contributed by atoms with Crippen molar-refractivity contribution >= 4 is 23.4 Å². The van der Waals surface area contributed by atoms with Crippen molar-refractivity contribution in [2.75, 3.05) is 0 Å². The Morgan fingerprint density at radius 2 is 1.75 bits per heavy atom. The molecule has 0 aromatic heterocycles. The summed E-state index contributed by atoms with van der Waals surface area (Å²) >= 11 is 5.45. The monoisotopic (exact) mass is 310 g/mol. The minimum absolute atomic E-state index is 0.0436. The van der Waals surface area contributed by atoms with Crippen molar-refractivity contribution in [3.8, 4) is 5.75 Å². The van der Waals surface area contributed by atoms with Gasteiger partial charge in [-0.2, -0.15) is 0 Å². The van der Waals surface area contributed by atoms with E-state index in [-0.39, 0.29) is 5.56 Å². The SMILES string of the molecule is CC(Cl)C(=O)NNC(=O)c1ccc(OC(F)(F)F)cc1. The van der Waals surface area contributed by atoms with Crippen LogP contribution in [0, 0.1) is 0 Å². The lowest BCUT2D eigenvalue weighted by atomic mass is 10.2. The number of rotatable bonds is 3.